The number of aromatic amines is 1. The Morgan fingerprint density at radius 3 is 2.46 bits per heavy atom. The fourth-order valence-electron chi connectivity index (χ4n) is 3.21. The van der Waals surface area contributed by atoms with Gasteiger partial charge in [0, 0.05) is 13.0 Å². The van der Waals surface area contributed by atoms with Gasteiger partial charge in [0.1, 0.15) is 11.2 Å². The molecule has 1 saturated heterocycles. The smallest absolute Gasteiger partial charge is 0.289 e. The molecule has 5 nitrogen and oxygen atoms in total. The molecule has 0 unspecified atom stereocenters. The van der Waals surface area contributed by atoms with E-state index in [1.807, 2.05) is 35.2 Å². The Balaban J connectivity index is 1.58. The number of nitrogens with one attached hydrogen (secondary N) is 2. The van der Waals surface area contributed by atoms with Crippen molar-refractivity contribution in [1.29, 1.82) is 0 Å². The van der Waals surface area contributed by atoms with Crippen LogP contribution in [-0.4, -0.2) is 26.0 Å². The zero-order chi connectivity index (χ0) is 20.3. The molecule has 1 aromatic carbocycles. The molecule has 0 spiro atoms. The van der Waals surface area contributed by atoms with Crippen LogP contribution in [0.4, 0.5) is 24.7 Å². The van der Waals surface area contributed by atoms with Crippen molar-refractivity contribution in [3.8, 4) is 0 Å². The number of anilines is 2. The van der Waals surface area contributed by atoms with Gasteiger partial charge in [0.25, 0.3) is 5.82 Å². The minimum absolute atomic E-state index is 0.0153. The lowest BCUT2D eigenvalue weighted by molar-refractivity contribution is -0.367. The number of amides is 1. The molecular weight excluding hydrogens is 393 g/mol. The van der Waals surface area contributed by atoms with Crippen LogP contribution in [0.3, 0.4) is 0 Å². The number of hydrogen-bond acceptors (Lipinski definition) is 3. The molecule has 2 heterocycles. The van der Waals surface area contributed by atoms with E-state index >= 15 is 0 Å². The number of para-hydroxylation sites is 1. The van der Waals surface area contributed by atoms with E-state index in [0.717, 1.165) is 18.0 Å². The number of alkyl halides is 3. The van der Waals surface area contributed by atoms with Crippen molar-refractivity contribution in [3.63, 3.8) is 0 Å². The van der Waals surface area contributed by atoms with Crippen molar-refractivity contribution in [1.82, 2.24) is 5.43 Å². The lowest BCUT2D eigenvalue weighted by Gasteiger charge is -2.29. The molecule has 0 bridgehead atoms. The highest BCUT2D eigenvalue weighted by atomic mass is 35.5. The summed E-state index contributed by atoms with van der Waals surface area (Å²) in [4.78, 5) is 17.0. The summed E-state index contributed by atoms with van der Waals surface area (Å²) in [6.07, 6.45) is -2.37. The van der Waals surface area contributed by atoms with Crippen LogP contribution in [-0.2, 0) is 11.0 Å². The molecule has 0 atom stereocenters. The number of rotatable bonds is 4. The molecule has 0 aliphatic carbocycles. The lowest BCUT2D eigenvalue weighted by Crippen LogP contribution is -2.47. The molecule has 1 aromatic heterocycles. The van der Waals surface area contributed by atoms with E-state index in [2.05, 4.69) is 10.4 Å². The van der Waals surface area contributed by atoms with Gasteiger partial charge in [-0.3, -0.25) is 20.1 Å². The average molecular weight is 414 g/mol. The van der Waals surface area contributed by atoms with Gasteiger partial charge >= 0.3 is 6.18 Å². The Kier molecular flexibility index (Phi) is 5.98. The Hall–Kier alpha value is -2.48. The molecule has 150 valence electrons. The first kappa shape index (κ1) is 20.3. The van der Waals surface area contributed by atoms with Crippen molar-refractivity contribution in [2.24, 2.45) is 5.92 Å². The first-order valence-electron chi connectivity index (χ1n) is 8.88. The third-order valence-corrected chi connectivity index (χ3v) is 5.09. The average Bonchev–Trinajstić information content (AvgIpc) is 2.68. The Morgan fingerprint density at radius 2 is 1.89 bits per heavy atom. The van der Waals surface area contributed by atoms with Gasteiger partial charge in [-0.25, -0.2) is 4.98 Å². The minimum atomic E-state index is -4.45. The highest BCUT2D eigenvalue weighted by Crippen LogP contribution is 2.33. The van der Waals surface area contributed by atoms with Gasteiger partial charge in [-0.05, 0) is 31.0 Å². The van der Waals surface area contributed by atoms with Gasteiger partial charge < -0.3 is 0 Å². The SMILES string of the molecule is CN(NC(=O)C1CCN(c2[nH+]cc(C(F)(F)F)cc2Cl)CC1)c1ccccc1. The highest BCUT2D eigenvalue weighted by molar-refractivity contribution is 6.32. The van der Waals surface area contributed by atoms with E-state index in [9.17, 15) is 18.0 Å². The standard InChI is InChI=1S/C19H20ClF3N4O/c1-26(15-5-3-2-4-6-15)25-18(28)13-7-9-27(10-8-13)17-16(20)11-14(12-24-17)19(21,22)23/h2-6,11-13H,7-10H2,1H3,(H,25,28)/p+1. The maximum Gasteiger partial charge on any atom is 0.419 e. The number of pyridine rings is 1. The third-order valence-electron chi connectivity index (χ3n) is 4.80. The van der Waals surface area contributed by atoms with Crippen molar-refractivity contribution in [2.75, 3.05) is 30.0 Å². The number of benzene rings is 1. The summed E-state index contributed by atoms with van der Waals surface area (Å²) < 4.78 is 38.3. The quantitative estimate of drug-likeness (QED) is 0.780. The first-order valence-corrected chi connectivity index (χ1v) is 9.26. The van der Waals surface area contributed by atoms with Gasteiger partial charge in [0.15, 0.2) is 0 Å². The Morgan fingerprint density at radius 1 is 1.25 bits per heavy atom. The number of nitrogens with zero attached hydrogens (tertiary/aromatic N) is 2. The summed E-state index contributed by atoms with van der Waals surface area (Å²) in [7, 11) is 1.78. The molecule has 28 heavy (non-hydrogen) atoms. The number of piperidine rings is 1. The fraction of sp³-hybridized carbons (Fsp3) is 0.368. The number of halogens is 4. The number of hydrazine groups is 1. The van der Waals surface area contributed by atoms with Crippen LogP contribution in [0.1, 0.15) is 18.4 Å². The predicted octanol–water partition coefficient (Wildman–Crippen LogP) is 3.56. The summed E-state index contributed by atoms with van der Waals surface area (Å²) in [5, 5.41) is 1.69. The van der Waals surface area contributed by atoms with Gasteiger partial charge in [-0.2, -0.15) is 13.2 Å². The summed E-state index contributed by atoms with van der Waals surface area (Å²) in [6.45, 7) is 1.05. The summed E-state index contributed by atoms with van der Waals surface area (Å²) in [5.41, 5.74) is 2.93. The first-order chi connectivity index (χ1) is 13.3. The normalized spacial score (nSPS) is 15.4. The molecule has 2 N–H and O–H groups in total. The number of H-pyrrole nitrogens is 1. The topological polar surface area (TPSA) is 49.7 Å². The molecule has 9 heteroatoms. The second-order valence-corrected chi connectivity index (χ2v) is 7.12. The number of aromatic nitrogens is 1. The fourth-order valence-corrected chi connectivity index (χ4v) is 3.50. The zero-order valence-electron chi connectivity index (χ0n) is 15.3. The van der Waals surface area contributed by atoms with Gasteiger partial charge in [-0.15, -0.1) is 0 Å². The summed E-state index contributed by atoms with van der Waals surface area (Å²) >= 11 is 6.05. The van der Waals surface area contributed by atoms with Crippen LogP contribution < -0.4 is 20.3 Å². The molecule has 3 rings (SSSR count). The van der Waals surface area contributed by atoms with Crippen molar-refractivity contribution in [2.45, 2.75) is 19.0 Å². The van der Waals surface area contributed by atoms with Gasteiger partial charge in [-0.1, -0.05) is 29.8 Å². The van der Waals surface area contributed by atoms with Crippen LogP contribution in [0.5, 0.6) is 0 Å². The van der Waals surface area contributed by atoms with Crippen molar-refractivity contribution < 1.29 is 22.9 Å². The largest absolute Gasteiger partial charge is 0.419 e. The third kappa shape index (κ3) is 4.67. The molecule has 2 aromatic rings. The Bertz CT molecular complexity index is 824. The number of carbonyl (C=O) groups is 1. The lowest BCUT2D eigenvalue weighted by atomic mass is 9.96. The van der Waals surface area contributed by atoms with Crippen LogP contribution in [0.15, 0.2) is 42.6 Å². The van der Waals surface area contributed by atoms with Crippen LogP contribution in [0.2, 0.25) is 5.02 Å². The molecule has 1 aliphatic heterocycles. The molecular formula is C19H21ClF3N4O+. The van der Waals surface area contributed by atoms with Gasteiger partial charge in [0.2, 0.25) is 5.91 Å². The van der Waals surface area contributed by atoms with Crippen LogP contribution in [0.25, 0.3) is 0 Å². The van der Waals surface area contributed by atoms with E-state index in [0.29, 0.717) is 31.7 Å². The monoisotopic (exact) mass is 413 g/mol. The van der Waals surface area contributed by atoms with E-state index in [1.54, 1.807) is 12.1 Å². The Labute approximate surface area is 166 Å². The van der Waals surface area contributed by atoms with E-state index in [1.165, 1.54) is 0 Å². The maximum absolute atomic E-state index is 12.8. The van der Waals surface area contributed by atoms with Crippen molar-refractivity contribution >= 4 is 29.0 Å². The molecule has 1 amide bonds. The molecule has 1 aliphatic rings. The van der Waals surface area contributed by atoms with Crippen molar-refractivity contribution in [3.05, 3.63) is 53.2 Å². The second-order valence-electron chi connectivity index (χ2n) is 6.71. The van der Waals surface area contributed by atoms with Crippen LogP contribution in [0, 0.1) is 5.92 Å². The van der Waals surface area contributed by atoms with Crippen LogP contribution >= 0.6 is 11.6 Å². The summed E-state index contributed by atoms with van der Waals surface area (Å²) in [5.74, 6) is 0.194. The maximum atomic E-state index is 12.8. The van der Waals surface area contributed by atoms with E-state index in [-0.39, 0.29) is 16.8 Å². The second kappa shape index (κ2) is 8.26. The summed E-state index contributed by atoms with van der Waals surface area (Å²) in [6, 6.07) is 10.4. The molecule has 0 radical (unpaired) electrons. The van der Waals surface area contributed by atoms with Gasteiger partial charge in [0.05, 0.1) is 24.3 Å². The van der Waals surface area contributed by atoms with E-state index in [4.69, 9.17) is 11.6 Å². The molecule has 1 fully saturated rings. The van der Waals surface area contributed by atoms with E-state index < -0.39 is 11.7 Å². The zero-order valence-corrected chi connectivity index (χ0v) is 16.0. The highest BCUT2D eigenvalue weighted by Gasteiger charge is 2.35. The number of hydrogen-bond donors (Lipinski definition) is 1. The number of carbonyl (C=O) groups excluding carboxylic acids is 1. The predicted molar refractivity (Wildman–Crippen MR) is 101 cm³/mol. The molecule has 0 saturated carbocycles. The minimum Gasteiger partial charge on any atom is -0.289 e.